The Morgan fingerprint density at radius 1 is 1.33 bits per heavy atom. The topological polar surface area (TPSA) is 84.1 Å². The SMILES string of the molecule is Cc1nnsc1C(=O)N1[C@@H]2CC[C@@H]1CC(O)(Cn1ccc3ccncc31)C2. The zero-order valence-electron chi connectivity index (χ0n) is 15.1. The number of rotatable bonds is 3. The largest absolute Gasteiger partial charge is 0.388 e. The van der Waals surface area contributed by atoms with Crippen LogP contribution in [0, 0.1) is 6.92 Å². The molecule has 2 atom stereocenters. The molecule has 0 spiro atoms. The molecule has 0 aliphatic carbocycles. The highest BCUT2D eigenvalue weighted by atomic mass is 32.1. The van der Waals surface area contributed by atoms with Gasteiger partial charge in [0.15, 0.2) is 0 Å². The summed E-state index contributed by atoms with van der Waals surface area (Å²) in [7, 11) is 0. The first kappa shape index (κ1) is 16.8. The molecule has 0 aromatic carbocycles. The molecule has 2 aliphatic rings. The van der Waals surface area contributed by atoms with E-state index in [1.54, 1.807) is 6.20 Å². The van der Waals surface area contributed by atoms with Crippen LogP contribution >= 0.6 is 11.5 Å². The Morgan fingerprint density at radius 3 is 2.81 bits per heavy atom. The van der Waals surface area contributed by atoms with Crippen molar-refractivity contribution in [3.8, 4) is 0 Å². The first-order valence-corrected chi connectivity index (χ1v) is 10.0. The van der Waals surface area contributed by atoms with Crippen molar-refractivity contribution in [2.45, 2.75) is 56.8 Å². The maximum Gasteiger partial charge on any atom is 0.268 e. The standard InChI is InChI=1S/C19H21N5O2S/c1-12-17(27-22-21-12)18(25)24-14-2-3-15(24)9-19(26,8-14)11-23-7-5-13-4-6-20-10-16(13)23/h4-7,10,14-15,26H,2-3,8-9,11H2,1H3/t14-,15-/m1/s1. The van der Waals surface area contributed by atoms with Gasteiger partial charge in [-0.3, -0.25) is 9.78 Å². The van der Waals surface area contributed by atoms with E-state index in [9.17, 15) is 9.90 Å². The van der Waals surface area contributed by atoms with Crippen molar-refractivity contribution in [1.82, 2.24) is 24.0 Å². The van der Waals surface area contributed by atoms with Crippen molar-refractivity contribution in [2.24, 2.45) is 0 Å². The number of piperidine rings is 1. The molecule has 0 unspecified atom stereocenters. The van der Waals surface area contributed by atoms with E-state index in [1.807, 2.05) is 36.4 Å². The first-order valence-electron chi connectivity index (χ1n) is 9.27. The predicted octanol–water partition coefficient (Wildman–Crippen LogP) is 2.39. The summed E-state index contributed by atoms with van der Waals surface area (Å²) in [5, 5.41) is 16.5. The maximum atomic E-state index is 13.0. The van der Waals surface area contributed by atoms with Gasteiger partial charge in [-0.1, -0.05) is 4.49 Å². The highest BCUT2D eigenvalue weighted by Gasteiger charge is 2.50. The molecule has 3 aromatic heterocycles. The van der Waals surface area contributed by atoms with E-state index in [-0.39, 0.29) is 18.0 Å². The fourth-order valence-electron chi connectivity index (χ4n) is 4.81. The Morgan fingerprint density at radius 2 is 2.11 bits per heavy atom. The molecule has 3 aromatic rings. The second-order valence-electron chi connectivity index (χ2n) is 7.80. The zero-order valence-corrected chi connectivity index (χ0v) is 15.9. The van der Waals surface area contributed by atoms with E-state index in [1.165, 1.54) is 0 Å². The number of pyridine rings is 1. The first-order chi connectivity index (χ1) is 13.0. The van der Waals surface area contributed by atoms with Gasteiger partial charge >= 0.3 is 0 Å². The van der Waals surface area contributed by atoms with Gasteiger partial charge in [0, 0.05) is 29.9 Å². The monoisotopic (exact) mass is 383 g/mol. The molecular weight excluding hydrogens is 362 g/mol. The molecule has 7 nitrogen and oxygen atoms in total. The third-order valence-electron chi connectivity index (χ3n) is 5.97. The van der Waals surface area contributed by atoms with Crippen molar-refractivity contribution >= 4 is 28.3 Å². The Hall–Kier alpha value is -2.32. The van der Waals surface area contributed by atoms with Crippen LogP contribution < -0.4 is 0 Å². The van der Waals surface area contributed by atoms with Crippen LogP contribution in [-0.2, 0) is 6.54 Å². The molecule has 2 aliphatic heterocycles. The van der Waals surface area contributed by atoms with Gasteiger partial charge in [-0.2, -0.15) is 0 Å². The smallest absolute Gasteiger partial charge is 0.268 e. The normalized spacial score (nSPS) is 27.4. The van der Waals surface area contributed by atoms with E-state index in [0.717, 1.165) is 35.3 Å². The minimum atomic E-state index is -0.814. The van der Waals surface area contributed by atoms with Crippen molar-refractivity contribution in [3.63, 3.8) is 0 Å². The van der Waals surface area contributed by atoms with Crippen LogP contribution in [0.3, 0.4) is 0 Å². The van der Waals surface area contributed by atoms with Crippen LogP contribution in [0.5, 0.6) is 0 Å². The van der Waals surface area contributed by atoms with Gasteiger partial charge < -0.3 is 14.6 Å². The summed E-state index contributed by atoms with van der Waals surface area (Å²) in [6.45, 7) is 2.35. The average molecular weight is 383 g/mol. The number of aryl methyl sites for hydroxylation is 1. The number of hydrogen-bond acceptors (Lipinski definition) is 6. The number of nitrogens with zero attached hydrogens (tertiary/aromatic N) is 5. The van der Waals surface area contributed by atoms with Gasteiger partial charge in [0.2, 0.25) is 0 Å². The highest BCUT2D eigenvalue weighted by molar-refractivity contribution is 7.07. The number of amides is 1. The Bertz CT molecular complexity index is 998. The molecule has 2 saturated heterocycles. The number of hydrogen-bond donors (Lipinski definition) is 1. The molecule has 0 radical (unpaired) electrons. The third kappa shape index (κ3) is 2.74. The lowest BCUT2D eigenvalue weighted by atomic mass is 9.85. The number of aliphatic hydroxyl groups is 1. The molecule has 1 N–H and O–H groups in total. The second-order valence-corrected chi connectivity index (χ2v) is 8.55. The number of carbonyl (C=O) groups excluding carboxylic acids is 1. The molecule has 5 heterocycles. The van der Waals surface area contributed by atoms with E-state index in [0.29, 0.717) is 30.0 Å². The number of fused-ring (bicyclic) bond motifs is 3. The lowest BCUT2D eigenvalue weighted by Gasteiger charge is -2.44. The van der Waals surface area contributed by atoms with E-state index in [4.69, 9.17) is 0 Å². The minimum Gasteiger partial charge on any atom is -0.388 e. The predicted molar refractivity (Wildman–Crippen MR) is 102 cm³/mol. The van der Waals surface area contributed by atoms with Crippen LogP contribution in [0.1, 0.15) is 41.0 Å². The molecule has 0 saturated carbocycles. The van der Waals surface area contributed by atoms with Crippen molar-refractivity contribution in [1.29, 1.82) is 0 Å². The lowest BCUT2D eigenvalue weighted by Crippen LogP contribution is -2.54. The van der Waals surface area contributed by atoms with Crippen molar-refractivity contribution < 1.29 is 9.90 Å². The Labute approximate surface area is 160 Å². The summed E-state index contributed by atoms with van der Waals surface area (Å²) < 4.78 is 5.98. The Balaban J connectivity index is 1.39. The molecule has 5 rings (SSSR count). The third-order valence-corrected chi connectivity index (χ3v) is 6.79. The highest BCUT2D eigenvalue weighted by Crippen LogP contribution is 2.43. The summed E-state index contributed by atoms with van der Waals surface area (Å²) in [6, 6.07) is 4.17. The van der Waals surface area contributed by atoms with Gasteiger partial charge in [-0.25, -0.2) is 0 Å². The fourth-order valence-corrected chi connectivity index (χ4v) is 5.41. The van der Waals surface area contributed by atoms with Crippen LogP contribution in [0.15, 0.2) is 30.7 Å². The summed E-state index contributed by atoms with van der Waals surface area (Å²) in [5.74, 6) is 0.0210. The maximum absolute atomic E-state index is 13.0. The molecule has 27 heavy (non-hydrogen) atoms. The van der Waals surface area contributed by atoms with Crippen molar-refractivity contribution in [2.75, 3.05) is 0 Å². The average Bonchev–Trinajstić information content (AvgIpc) is 3.32. The van der Waals surface area contributed by atoms with Gasteiger partial charge in [0.05, 0.1) is 29.6 Å². The summed E-state index contributed by atoms with van der Waals surface area (Å²) >= 11 is 1.16. The molecule has 2 fully saturated rings. The van der Waals surface area contributed by atoms with Crippen LogP contribution in [0.4, 0.5) is 0 Å². The van der Waals surface area contributed by atoms with Crippen molar-refractivity contribution in [3.05, 3.63) is 41.3 Å². The van der Waals surface area contributed by atoms with E-state index < -0.39 is 5.60 Å². The van der Waals surface area contributed by atoms with E-state index >= 15 is 0 Å². The zero-order chi connectivity index (χ0) is 18.6. The van der Waals surface area contributed by atoms with Crippen LogP contribution in [-0.4, -0.2) is 52.7 Å². The lowest BCUT2D eigenvalue weighted by molar-refractivity contribution is -0.0532. The van der Waals surface area contributed by atoms with Crippen LogP contribution in [0.2, 0.25) is 0 Å². The molecular formula is C19H21N5O2S. The summed E-state index contributed by atoms with van der Waals surface area (Å²) in [4.78, 5) is 19.8. The fraction of sp³-hybridized carbons (Fsp3) is 0.474. The van der Waals surface area contributed by atoms with Gasteiger partial charge in [0.1, 0.15) is 4.88 Å². The summed E-state index contributed by atoms with van der Waals surface area (Å²) in [6.07, 6.45) is 8.71. The molecule has 140 valence electrons. The van der Waals surface area contributed by atoms with Gasteiger partial charge in [-0.15, -0.1) is 5.10 Å². The van der Waals surface area contributed by atoms with Gasteiger partial charge in [0.25, 0.3) is 5.91 Å². The second kappa shape index (κ2) is 6.10. The van der Waals surface area contributed by atoms with Crippen LogP contribution in [0.25, 0.3) is 10.9 Å². The summed E-state index contributed by atoms with van der Waals surface area (Å²) in [5.41, 5.74) is 0.908. The number of aromatic nitrogens is 4. The molecule has 2 bridgehead atoms. The Kier molecular flexibility index (Phi) is 3.80. The van der Waals surface area contributed by atoms with Gasteiger partial charge in [-0.05, 0) is 56.3 Å². The molecule has 1 amide bonds. The quantitative estimate of drug-likeness (QED) is 0.751. The molecule has 8 heteroatoms. The van der Waals surface area contributed by atoms with E-state index in [2.05, 4.69) is 19.1 Å². The minimum absolute atomic E-state index is 0.0210. The number of carbonyl (C=O) groups is 1.